The fourth-order valence-electron chi connectivity index (χ4n) is 1.38. The molecule has 0 aliphatic rings. The number of rotatable bonds is 2. The van der Waals surface area contributed by atoms with Gasteiger partial charge in [0.25, 0.3) is 0 Å². The summed E-state index contributed by atoms with van der Waals surface area (Å²) in [4.78, 5) is 0. The molecule has 1 unspecified atom stereocenters. The summed E-state index contributed by atoms with van der Waals surface area (Å²) >= 11 is 0. The number of hydrogen-bond acceptors (Lipinski definition) is 1. The van der Waals surface area contributed by atoms with E-state index in [1.807, 2.05) is 0 Å². The molecule has 0 bridgehead atoms. The molecule has 0 aliphatic carbocycles. The molecule has 1 nitrogen and oxygen atoms in total. The van der Waals surface area contributed by atoms with E-state index in [2.05, 4.69) is 48.5 Å². The van der Waals surface area contributed by atoms with Crippen LogP contribution in [0.15, 0.2) is 0 Å². The van der Waals surface area contributed by atoms with Crippen molar-refractivity contribution in [3.05, 3.63) is 0 Å². The molecule has 0 spiro atoms. The van der Waals surface area contributed by atoms with Crippen molar-refractivity contribution in [1.29, 1.82) is 0 Å². The summed E-state index contributed by atoms with van der Waals surface area (Å²) in [6.07, 6.45) is 1.12. The van der Waals surface area contributed by atoms with Crippen LogP contribution in [0.4, 0.5) is 0 Å². The molecular weight excluding hydrogens is 146 g/mol. The van der Waals surface area contributed by atoms with Gasteiger partial charge in [-0.1, -0.05) is 41.5 Å². The zero-order valence-electron chi connectivity index (χ0n) is 9.78. The van der Waals surface area contributed by atoms with E-state index in [1.165, 1.54) is 0 Å². The molecule has 0 radical (unpaired) electrons. The third-order valence-corrected chi connectivity index (χ3v) is 3.85. The maximum atomic E-state index is 6.38. The Morgan fingerprint density at radius 3 is 1.33 bits per heavy atom. The van der Waals surface area contributed by atoms with E-state index >= 15 is 0 Å². The normalized spacial score (nSPS) is 19.0. The minimum atomic E-state index is -0.116. The minimum Gasteiger partial charge on any atom is -0.324 e. The van der Waals surface area contributed by atoms with Crippen molar-refractivity contribution < 1.29 is 0 Å². The predicted octanol–water partition coefficient (Wildman–Crippen LogP) is 3.19. The number of hydrogen-bond donors (Lipinski definition) is 1. The van der Waals surface area contributed by atoms with Gasteiger partial charge in [-0.2, -0.15) is 0 Å². The average molecular weight is 171 g/mol. The van der Waals surface area contributed by atoms with Crippen molar-refractivity contribution in [2.75, 3.05) is 0 Å². The standard InChI is InChI=1S/C11H25N/c1-8-10(5,6)11(7,12)9(2,3)4/h8,12H2,1-7H3. The highest BCUT2D eigenvalue weighted by molar-refractivity contribution is 5.01. The number of nitrogens with two attached hydrogens (primary N) is 1. The van der Waals surface area contributed by atoms with Gasteiger partial charge >= 0.3 is 0 Å². The lowest BCUT2D eigenvalue weighted by atomic mass is 9.60. The van der Waals surface area contributed by atoms with Crippen molar-refractivity contribution in [2.45, 2.75) is 60.4 Å². The molecule has 0 aromatic heterocycles. The molecule has 74 valence electrons. The van der Waals surface area contributed by atoms with E-state index in [1.54, 1.807) is 0 Å². The van der Waals surface area contributed by atoms with Gasteiger partial charge in [-0.3, -0.25) is 0 Å². The van der Waals surface area contributed by atoms with E-state index in [9.17, 15) is 0 Å². The molecule has 0 aromatic carbocycles. The Morgan fingerprint density at radius 2 is 1.25 bits per heavy atom. The fraction of sp³-hybridized carbons (Fsp3) is 1.00. The molecule has 0 heterocycles. The third-order valence-electron chi connectivity index (χ3n) is 3.85. The van der Waals surface area contributed by atoms with Gasteiger partial charge in [0.1, 0.15) is 0 Å². The molecule has 0 rings (SSSR count). The molecule has 0 fully saturated rings. The average Bonchev–Trinajstić information content (AvgIpc) is 1.85. The summed E-state index contributed by atoms with van der Waals surface area (Å²) in [5.74, 6) is 0. The second-order valence-electron chi connectivity index (χ2n) is 5.69. The summed E-state index contributed by atoms with van der Waals surface area (Å²) in [7, 11) is 0. The van der Waals surface area contributed by atoms with Crippen LogP contribution in [-0.4, -0.2) is 5.54 Å². The molecule has 0 saturated carbocycles. The second-order valence-corrected chi connectivity index (χ2v) is 5.69. The Labute approximate surface area is 77.7 Å². The van der Waals surface area contributed by atoms with Crippen LogP contribution in [0.1, 0.15) is 54.9 Å². The van der Waals surface area contributed by atoms with E-state index in [0.29, 0.717) is 0 Å². The smallest absolute Gasteiger partial charge is 0.0226 e. The van der Waals surface area contributed by atoms with Gasteiger partial charge in [0, 0.05) is 5.54 Å². The Bertz CT molecular complexity index is 149. The molecule has 12 heavy (non-hydrogen) atoms. The molecular formula is C11H25N. The summed E-state index contributed by atoms with van der Waals surface area (Å²) in [6.45, 7) is 15.5. The van der Waals surface area contributed by atoms with Crippen molar-refractivity contribution in [3.8, 4) is 0 Å². The van der Waals surface area contributed by atoms with Gasteiger partial charge in [0.05, 0.1) is 0 Å². The molecule has 1 heteroatoms. The van der Waals surface area contributed by atoms with E-state index in [4.69, 9.17) is 5.73 Å². The van der Waals surface area contributed by atoms with Crippen LogP contribution in [0.5, 0.6) is 0 Å². The molecule has 0 amide bonds. The Kier molecular flexibility index (Phi) is 3.01. The summed E-state index contributed by atoms with van der Waals surface area (Å²) in [6, 6.07) is 0. The SMILES string of the molecule is CCC(C)(C)C(C)(N)C(C)(C)C. The van der Waals surface area contributed by atoms with Crippen molar-refractivity contribution in [3.63, 3.8) is 0 Å². The Hall–Kier alpha value is -0.0400. The maximum absolute atomic E-state index is 6.38. The van der Waals surface area contributed by atoms with Crippen LogP contribution < -0.4 is 5.73 Å². The van der Waals surface area contributed by atoms with Gasteiger partial charge < -0.3 is 5.73 Å². The van der Waals surface area contributed by atoms with Crippen molar-refractivity contribution in [1.82, 2.24) is 0 Å². The maximum Gasteiger partial charge on any atom is 0.0226 e. The summed E-state index contributed by atoms with van der Waals surface area (Å²) in [5, 5.41) is 0. The molecule has 2 N–H and O–H groups in total. The predicted molar refractivity (Wildman–Crippen MR) is 56.1 cm³/mol. The fourth-order valence-corrected chi connectivity index (χ4v) is 1.38. The topological polar surface area (TPSA) is 26.0 Å². The van der Waals surface area contributed by atoms with Gasteiger partial charge in [-0.15, -0.1) is 0 Å². The molecule has 0 saturated heterocycles. The van der Waals surface area contributed by atoms with Crippen LogP contribution in [0, 0.1) is 10.8 Å². The van der Waals surface area contributed by atoms with Crippen LogP contribution >= 0.6 is 0 Å². The first kappa shape index (κ1) is 12.0. The van der Waals surface area contributed by atoms with Crippen LogP contribution in [0.3, 0.4) is 0 Å². The van der Waals surface area contributed by atoms with Crippen LogP contribution in [-0.2, 0) is 0 Å². The molecule has 0 aromatic rings. The van der Waals surface area contributed by atoms with Crippen LogP contribution in [0.2, 0.25) is 0 Å². The van der Waals surface area contributed by atoms with E-state index in [-0.39, 0.29) is 16.4 Å². The van der Waals surface area contributed by atoms with E-state index < -0.39 is 0 Å². The highest BCUT2D eigenvalue weighted by Gasteiger charge is 2.44. The first-order chi connectivity index (χ1) is 5.06. The quantitative estimate of drug-likeness (QED) is 0.678. The lowest BCUT2D eigenvalue weighted by molar-refractivity contribution is 0.0598. The summed E-state index contributed by atoms with van der Waals surface area (Å²) in [5.41, 5.74) is 6.62. The lowest BCUT2D eigenvalue weighted by Gasteiger charge is -2.50. The highest BCUT2D eigenvalue weighted by Crippen LogP contribution is 2.43. The largest absolute Gasteiger partial charge is 0.324 e. The molecule has 1 atom stereocenters. The van der Waals surface area contributed by atoms with Gasteiger partial charge in [-0.05, 0) is 24.2 Å². The monoisotopic (exact) mass is 171 g/mol. The van der Waals surface area contributed by atoms with Crippen LogP contribution in [0.25, 0.3) is 0 Å². The minimum absolute atomic E-state index is 0.116. The van der Waals surface area contributed by atoms with Gasteiger partial charge in [-0.25, -0.2) is 0 Å². The first-order valence-electron chi connectivity index (χ1n) is 4.85. The zero-order valence-corrected chi connectivity index (χ0v) is 9.78. The highest BCUT2D eigenvalue weighted by atomic mass is 14.8. The zero-order chi connectivity index (χ0) is 10.2. The van der Waals surface area contributed by atoms with Gasteiger partial charge in [0.2, 0.25) is 0 Å². The Morgan fingerprint density at radius 1 is 0.917 bits per heavy atom. The summed E-state index contributed by atoms with van der Waals surface area (Å²) < 4.78 is 0. The third kappa shape index (κ3) is 1.82. The first-order valence-corrected chi connectivity index (χ1v) is 4.85. The lowest BCUT2D eigenvalue weighted by Crippen LogP contribution is -2.58. The second kappa shape index (κ2) is 3.02. The van der Waals surface area contributed by atoms with Crippen molar-refractivity contribution in [2.24, 2.45) is 16.6 Å². The Balaban J connectivity index is 4.85. The van der Waals surface area contributed by atoms with Crippen molar-refractivity contribution >= 4 is 0 Å². The van der Waals surface area contributed by atoms with E-state index in [0.717, 1.165) is 6.42 Å². The molecule has 0 aliphatic heterocycles. The van der Waals surface area contributed by atoms with Gasteiger partial charge in [0.15, 0.2) is 0 Å².